The lowest BCUT2D eigenvalue weighted by Crippen LogP contribution is -2.42. The second-order valence-corrected chi connectivity index (χ2v) is 8.08. The summed E-state index contributed by atoms with van der Waals surface area (Å²) < 4.78 is 1.93. The van der Waals surface area contributed by atoms with E-state index < -0.39 is 0 Å². The molecule has 2 N–H and O–H groups in total. The summed E-state index contributed by atoms with van der Waals surface area (Å²) >= 11 is 1.86. The Balaban J connectivity index is 1.51. The monoisotopic (exact) mass is 381 g/mol. The topological polar surface area (TPSA) is 54.2 Å². The molecule has 1 aromatic carbocycles. The summed E-state index contributed by atoms with van der Waals surface area (Å²) in [6.07, 6.45) is 4.78. The number of hydrogen-bond acceptors (Lipinski definition) is 3. The lowest BCUT2D eigenvalue weighted by Gasteiger charge is -2.17. The largest absolute Gasteiger partial charge is 0.354 e. The van der Waals surface area contributed by atoms with Gasteiger partial charge in [0.05, 0.1) is 6.54 Å². The predicted molar refractivity (Wildman–Crippen MR) is 113 cm³/mol. The molecule has 27 heavy (non-hydrogen) atoms. The molecular formula is C21H27N5S. The Bertz CT molecular complexity index is 866. The van der Waals surface area contributed by atoms with Gasteiger partial charge in [-0.1, -0.05) is 24.3 Å². The Morgan fingerprint density at radius 2 is 2.07 bits per heavy atom. The van der Waals surface area contributed by atoms with Gasteiger partial charge in [-0.05, 0) is 43.2 Å². The van der Waals surface area contributed by atoms with E-state index in [0.29, 0.717) is 6.04 Å². The zero-order chi connectivity index (χ0) is 19.1. The number of aromatic nitrogens is 2. The van der Waals surface area contributed by atoms with Crippen LogP contribution >= 0.6 is 11.3 Å². The molecule has 0 spiro atoms. The third-order valence-corrected chi connectivity index (χ3v) is 5.29. The second-order valence-electron chi connectivity index (χ2n) is 6.71. The van der Waals surface area contributed by atoms with E-state index in [9.17, 15) is 0 Å². The van der Waals surface area contributed by atoms with Crippen LogP contribution in [0.5, 0.6) is 0 Å². The van der Waals surface area contributed by atoms with Crippen LogP contribution < -0.4 is 10.6 Å². The van der Waals surface area contributed by atoms with Crippen molar-refractivity contribution in [1.29, 1.82) is 0 Å². The van der Waals surface area contributed by atoms with Gasteiger partial charge in [-0.15, -0.1) is 11.3 Å². The number of nitrogens with zero attached hydrogens (tertiary/aromatic N) is 3. The molecule has 1 atom stereocenters. The summed E-state index contributed by atoms with van der Waals surface area (Å²) in [5.74, 6) is 0.827. The molecule has 0 saturated carbocycles. The molecule has 1 unspecified atom stereocenters. The Hall–Kier alpha value is -2.60. The number of thiophene rings is 1. The van der Waals surface area contributed by atoms with Crippen LogP contribution in [0.1, 0.15) is 27.8 Å². The fourth-order valence-corrected chi connectivity index (χ4v) is 4.00. The van der Waals surface area contributed by atoms with Gasteiger partial charge in [-0.25, -0.2) is 0 Å². The van der Waals surface area contributed by atoms with Crippen molar-refractivity contribution in [2.45, 2.75) is 39.4 Å². The van der Waals surface area contributed by atoms with Gasteiger partial charge >= 0.3 is 0 Å². The van der Waals surface area contributed by atoms with Crippen LogP contribution in [0.3, 0.4) is 0 Å². The molecule has 0 radical (unpaired) electrons. The van der Waals surface area contributed by atoms with Crippen molar-refractivity contribution in [1.82, 2.24) is 20.4 Å². The fraction of sp³-hybridized carbons (Fsp3) is 0.333. The number of guanidine groups is 1. The molecule has 142 valence electrons. The van der Waals surface area contributed by atoms with Crippen molar-refractivity contribution in [3.63, 3.8) is 0 Å². The van der Waals surface area contributed by atoms with E-state index in [1.54, 1.807) is 6.20 Å². The average molecular weight is 382 g/mol. The van der Waals surface area contributed by atoms with Crippen LogP contribution in [0, 0.1) is 6.92 Å². The standard InChI is InChI=1S/C21H27N5S/c1-16(12-20-9-8-17(2)27-20)25-21(22-3)23-14-18-6-4-7-19(13-18)15-26-11-5-10-24-26/h4-11,13,16H,12,14-15H2,1-3H3,(H2,22,23,25). The van der Waals surface area contributed by atoms with Gasteiger partial charge in [0.2, 0.25) is 0 Å². The Morgan fingerprint density at radius 3 is 2.78 bits per heavy atom. The maximum Gasteiger partial charge on any atom is 0.191 e. The van der Waals surface area contributed by atoms with Gasteiger partial charge < -0.3 is 10.6 Å². The molecule has 0 amide bonds. The van der Waals surface area contributed by atoms with Crippen molar-refractivity contribution >= 4 is 17.3 Å². The minimum atomic E-state index is 0.320. The van der Waals surface area contributed by atoms with Crippen LogP contribution in [-0.4, -0.2) is 28.8 Å². The van der Waals surface area contributed by atoms with E-state index in [1.807, 2.05) is 35.3 Å². The fourth-order valence-electron chi connectivity index (χ4n) is 2.98. The molecule has 3 aromatic rings. The number of benzene rings is 1. The van der Waals surface area contributed by atoms with Crippen molar-refractivity contribution < 1.29 is 0 Å². The SMILES string of the molecule is CN=C(NCc1cccc(Cn2cccn2)c1)NC(C)Cc1ccc(C)s1. The van der Waals surface area contributed by atoms with Gasteiger partial charge in [0.1, 0.15) is 0 Å². The predicted octanol–water partition coefficient (Wildman–Crippen LogP) is 3.60. The van der Waals surface area contributed by atoms with E-state index in [0.717, 1.165) is 25.5 Å². The summed E-state index contributed by atoms with van der Waals surface area (Å²) in [5, 5.41) is 11.2. The Labute approximate surface area is 165 Å². The molecule has 6 heteroatoms. The quantitative estimate of drug-likeness (QED) is 0.486. The van der Waals surface area contributed by atoms with Gasteiger partial charge in [-0.2, -0.15) is 5.10 Å². The Morgan fingerprint density at radius 1 is 1.22 bits per heavy atom. The molecule has 0 aliphatic heterocycles. The summed E-state index contributed by atoms with van der Waals surface area (Å²) in [5.41, 5.74) is 2.46. The first kappa shape index (κ1) is 19.2. The highest BCUT2D eigenvalue weighted by atomic mass is 32.1. The third-order valence-electron chi connectivity index (χ3n) is 4.27. The maximum atomic E-state index is 4.36. The minimum absolute atomic E-state index is 0.320. The summed E-state index contributed by atoms with van der Waals surface area (Å²) in [6.45, 7) is 5.85. The molecule has 3 rings (SSSR count). The second kappa shape index (κ2) is 9.37. The van der Waals surface area contributed by atoms with Crippen molar-refractivity contribution in [3.8, 4) is 0 Å². The average Bonchev–Trinajstić information content (AvgIpc) is 3.30. The highest BCUT2D eigenvalue weighted by molar-refractivity contribution is 7.11. The lowest BCUT2D eigenvalue weighted by molar-refractivity contribution is 0.644. The molecule has 2 aromatic heterocycles. The molecule has 2 heterocycles. The zero-order valence-electron chi connectivity index (χ0n) is 16.1. The van der Waals surface area contributed by atoms with Crippen LogP contribution in [-0.2, 0) is 19.5 Å². The van der Waals surface area contributed by atoms with Crippen molar-refractivity contribution in [3.05, 3.63) is 75.7 Å². The summed E-state index contributed by atoms with van der Waals surface area (Å²) in [4.78, 5) is 7.11. The highest BCUT2D eigenvalue weighted by Gasteiger charge is 2.08. The van der Waals surface area contributed by atoms with E-state index in [4.69, 9.17) is 0 Å². The van der Waals surface area contributed by atoms with Crippen LogP contribution in [0.25, 0.3) is 0 Å². The molecule has 5 nitrogen and oxygen atoms in total. The number of rotatable bonds is 7. The molecule has 0 saturated heterocycles. The third kappa shape index (κ3) is 5.96. The Kier molecular flexibility index (Phi) is 6.65. The van der Waals surface area contributed by atoms with Gasteiger partial charge in [-0.3, -0.25) is 9.67 Å². The first-order valence-corrected chi connectivity index (χ1v) is 10.0. The summed E-state index contributed by atoms with van der Waals surface area (Å²) in [7, 11) is 1.81. The number of nitrogens with one attached hydrogen (secondary N) is 2. The van der Waals surface area contributed by atoms with Gasteiger partial charge in [0.15, 0.2) is 5.96 Å². The molecule has 0 fully saturated rings. The van der Waals surface area contributed by atoms with Crippen LogP contribution in [0.2, 0.25) is 0 Å². The highest BCUT2D eigenvalue weighted by Crippen LogP contribution is 2.16. The van der Waals surface area contributed by atoms with Crippen LogP contribution in [0.4, 0.5) is 0 Å². The lowest BCUT2D eigenvalue weighted by atomic mass is 10.1. The van der Waals surface area contributed by atoms with E-state index in [1.165, 1.54) is 20.9 Å². The molecule has 0 bridgehead atoms. The maximum absolute atomic E-state index is 4.36. The zero-order valence-corrected chi connectivity index (χ0v) is 17.0. The van der Waals surface area contributed by atoms with Crippen molar-refractivity contribution in [2.24, 2.45) is 4.99 Å². The van der Waals surface area contributed by atoms with E-state index >= 15 is 0 Å². The molecule has 0 aliphatic carbocycles. The number of aliphatic imine (C=N–C) groups is 1. The summed E-state index contributed by atoms with van der Waals surface area (Å²) in [6, 6.07) is 15.2. The smallest absolute Gasteiger partial charge is 0.191 e. The first-order chi connectivity index (χ1) is 13.1. The number of aryl methyl sites for hydroxylation is 1. The van der Waals surface area contributed by atoms with E-state index in [2.05, 4.69) is 71.0 Å². The minimum Gasteiger partial charge on any atom is -0.354 e. The number of hydrogen-bond donors (Lipinski definition) is 2. The van der Waals surface area contributed by atoms with Gasteiger partial charge in [0, 0.05) is 48.2 Å². The molecule has 0 aliphatic rings. The normalized spacial score (nSPS) is 12.8. The molecular weight excluding hydrogens is 354 g/mol. The first-order valence-electron chi connectivity index (χ1n) is 9.20. The van der Waals surface area contributed by atoms with Crippen LogP contribution in [0.15, 0.2) is 59.9 Å². The van der Waals surface area contributed by atoms with Crippen molar-refractivity contribution in [2.75, 3.05) is 7.05 Å². The van der Waals surface area contributed by atoms with Gasteiger partial charge in [0.25, 0.3) is 0 Å². The van der Waals surface area contributed by atoms with E-state index in [-0.39, 0.29) is 0 Å².